The molecular weight excluding hydrogens is 431 g/mol. The van der Waals surface area contributed by atoms with Crippen molar-refractivity contribution in [1.82, 2.24) is 4.90 Å². The molecule has 5 nitrogen and oxygen atoms in total. The van der Waals surface area contributed by atoms with E-state index in [-0.39, 0.29) is 31.2 Å². The number of ketones is 1. The third kappa shape index (κ3) is 4.74. The Labute approximate surface area is 194 Å². The van der Waals surface area contributed by atoms with Crippen LogP contribution in [0.4, 0.5) is 4.39 Å². The minimum absolute atomic E-state index is 0. The Balaban J connectivity index is 0.00000289. The number of nitrogens with zero attached hydrogens (tertiary/aromatic N) is 2. The van der Waals surface area contributed by atoms with Gasteiger partial charge in [0.05, 0.1) is 25.9 Å². The summed E-state index contributed by atoms with van der Waals surface area (Å²) in [5, 5.41) is 9.07. The zero-order valence-corrected chi connectivity index (χ0v) is 19.2. The van der Waals surface area contributed by atoms with Gasteiger partial charge in [-0.05, 0) is 73.7 Å². The lowest BCUT2D eigenvalue weighted by atomic mass is 9.83. The second-order valence-electron chi connectivity index (χ2n) is 8.57. The number of hydrogen-bond acceptors (Lipinski definition) is 5. The number of benzene rings is 2. The van der Waals surface area contributed by atoms with Gasteiger partial charge in [-0.25, -0.2) is 4.39 Å². The molecule has 0 N–H and O–H groups in total. The monoisotopic (exact) mass is 458 g/mol. The number of carbonyl (C=O) groups is 1. The Bertz CT molecular complexity index is 1030. The molecule has 0 bridgehead atoms. The molecule has 1 aliphatic carbocycles. The number of halogens is 2. The zero-order chi connectivity index (χ0) is 22.0. The molecule has 170 valence electrons. The summed E-state index contributed by atoms with van der Waals surface area (Å²) in [4.78, 5) is 15.2. The third-order valence-corrected chi connectivity index (χ3v) is 6.51. The molecule has 4 rings (SSSR count). The fraction of sp³-hybridized carbons (Fsp3) is 0.440. The number of piperidine rings is 1. The van der Waals surface area contributed by atoms with Crippen LogP contribution in [-0.4, -0.2) is 43.7 Å². The molecule has 32 heavy (non-hydrogen) atoms. The maximum absolute atomic E-state index is 15.8. The Hall–Kier alpha value is -2.62. The molecule has 1 fully saturated rings. The molecule has 2 aliphatic rings. The molecule has 7 heteroatoms. The van der Waals surface area contributed by atoms with Gasteiger partial charge in [0.2, 0.25) is 5.78 Å². The van der Waals surface area contributed by atoms with E-state index >= 15 is 4.39 Å². The smallest absolute Gasteiger partial charge is 0.200 e. The van der Waals surface area contributed by atoms with Crippen LogP contribution in [0.15, 0.2) is 36.4 Å². The largest absolute Gasteiger partial charge is 0.493 e. The van der Waals surface area contributed by atoms with Gasteiger partial charge in [-0.2, -0.15) is 5.26 Å². The fourth-order valence-corrected chi connectivity index (χ4v) is 4.87. The van der Waals surface area contributed by atoms with Crippen molar-refractivity contribution in [3.63, 3.8) is 0 Å². The Morgan fingerprint density at radius 3 is 2.50 bits per heavy atom. The van der Waals surface area contributed by atoms with Crippen molar-refractivity contribution < 1.29 is 18.7 Å². The number of likely N-dealkylation sites (tertiary alicyclic amines) is 1. The van der Waals surface area contributed by atoms with E-state index in [1.165, 1.54) is 14.2 Å². The van der Waals surface area contributed by atoms with Crippen molar-refractivity contribution in [2.75, 3.05) is 27.3 Å². The summed E-state index contributed by atoms with van der Waals surface area (Å²) in [5.74, 6) is 0.715. The highest BCUT2D eigenvalue weighted by atomic mass is 35.5. The van der Waals surface area contributed by atoms with Gasteiger partial charge in [-0.3, -0.25) is 9.69 Å². The minimum Gasteiger partial charge on any atom is -0.493 e. The molecule has 2 aromatic carbocycles. The number of carbonyl (C=O) groups excluding carboxylic acids is 1. The van der Waals surface area contributed by atoms with Gasteiger partial charge >= 0.3 is 0 Å². The normalized spacial score (nSPS) is 20.9. The van der Waals surface area contributed by atoms with Gasteiger partial charge in [0.15, 0.2) is 17.2 Å². The van der Waals surface area contributed by atoms with Gasteiger partial charge in [0.1, 0.15) is 0 Å². The summed E-state index contributed by atoms with van der Waals surface area (Å²) in [6, 6.07) is 13.2. The summed E-state index contributed by atoms with van der Waals surface area (Å²) in [7, 11) is 3.05. The van der Waals surface area contributed by atoms with E-state index in [1.807, 2.05) is 18.2 Å². The van der Waals surface area contributed by atoms with E-state index in [1.54, 1.807) is 18.2 Å². The van der Waals surface area contributed by atoms with E-state index in [2.05, 4.69) is 11.0 Å². The van der Waals surface area contributed by atoms with Crippen LogP contribution < -0.4 is 9.47 Å². The first-order valence-corrected chi connectivity index (χ1v) is 10.7. The van der Waals surface area contributed by atoms with Crippen molar-refractivity contribution in [3.8, 4) is 17.6 Å². The first kappa shape index (κ1) is 24.0. The number of Topliss-reactive ketones (excluding diaryl/α,β-unsaturated/α-hetero) is 1. The average molecular weight is 459 g/mol. The summed E-state index contributed by atoms with van der Waals surface area (Å²) in [5.41, 5.74) is 1.03. The second kappa shape index (κ2) is 9.89. The summed E-state index contributed by atoms with van der Waals surface area (Å²) in [6.45, 7) is 2.51. The van der Waals surface area contributed by atoms with Crippen molar-refractivity contribution in [2.45, 2.75) is 37.9 Å². The van der Waals surface area contributed by atoms with Gasteiger partial charge in [0.25, 0.3) is 0 Å². The van der Waals surface area contributed by atoms with Crippen molar-refractivity contribution in [2.24, 2.45) is 5.92 Å². The minimum atomic E-state index is -1.85. The number of rotatable bonds is 6. The number of hydrogen-bond donors (Lipinski definition) is 0. The second-order valence-corrected chi connectivity index (χ2v) is 8.57. The Morgan fingerprint density at radius 1 is 1.16 bits per heavy atom. The predicted octanol–water partition coefficient (Wildman–Crippen LogP) is 4.75. The molecule has 1 unspecified atom stereocenters. The molecule has 0 aromatic heterocycles. The Kier molecular flexibility index (Phi) is 7.43. The number of ether oxygens (including phenoxy) is 2. The molecule has 1 saturated heterocycles. The van der Waals surface area contributed by atoms with E-state index in [4.69, 9.17) is 14.7 Å². The van der Waals surface area contributed by atoms with E-state index in [0.29, 0.717) is 28.2 Å². The molecule has 1 aliphatic heterocycles. The molecule has 0 spiro atoms. The molecule has 0 amide bonds. The third-order valence-electron chi connectivity index (χ3n) is 6.51. The summed E-state index contributed by atoms with van der Waals surface area (Å²) < 4.78 is 26.4. The lowest BCUT2D eigenvalue weighted by Crippen LogP contribution is -2.38. The molecule has 2 aromatic rings. The molecular formula is C25H28ClFN2O3. The fourth-order valence-electron chi connectivity index (χ4n) is 4.87. The molecule has 1 heterocycles. The Morgan fingerprint density at radius 2 is 1.84 bits per heavy atom. The highest BCUT2D eigenvalue weighted by Gasteiger charge is 2.48. The lowest BCUT2D eigenvalue weighted by Gasteiger charge is -2.34. The van der Waals surface area contributed by atoms with Crippen LogP contribution in [0.5, 0.6) is 11.5 Å². The van der Waals surface area contributed by atoms with Crippen LogP contribution in [0.3, 0.4) is 0 Å². The van der Waals surface area contributed by atoms with Crippen LogP contribution in [-0.2, 0) is 13.0 Å². The van der Waals surface area contributed by atoms with Gasteiger partial charge < -0.3 is 9.47 Å². The van der Waals surface area contributed by atoms with E-state index in [9.17, 15) is 4.79 Å². The first-order valence-electron chi connectivity index (χ1n) is 10.7. The molecule has 1 atom stereocenters. The highest BCUT2D eigenvalue weighted by molar-refractivity contribution is 6.07. The highest BCUT2D eigenvalue weighted by Crippen LogP contribution is 2.43. The zero-order valence-electron chi connectivity index (χ0n) is 18.4. The molecule has 0 radical (unpaired) electrons. The van der Waals surface area contributed by atoms with Gasteiger partial charge in [-0.1, -0.05) is 12.1 Å². The van der Waals surface area contributed by atoms with Gasteiger partial charge in [-0.15, -0.1) is 12.4 Å². The number of methoxy groups -OCH3 is 2. The number of nitriles is 1. The van der Waals surface area contributed by atoms with Crippen molar-refractivity contribution in [1.29, 1.82) is 5.26 Å². The first-order chi connectivity index (χ1) is 15.0. The average Bonchev–Trinajstić information content (AvgIpc) is 3.03. The van der Waals surface area contributed by atoms with Crippen molar-refractivity contribution in [3.05, 3.63) is 58.7 Å². The topological polar surface area (TPSA) is 62.6 Å². The van der Waals surface area contributed by atoms with Crippen LogP contribution in [0.25, 0.3) is 0 Å². The van der Waals surface area contributed by atoms with Crippen LogP contribution in [0.1, 0.15) is 46.3 Å². The van der Waals surface area contributed by atoms with Crippen LogP contribution in [0, 0.1) is 17.2 Å². The molecule has 0 saturated carbocycles. The van der Waals surface area contributed by atoms with Gasteiger partial charge in [0, 0.05) is 18.5 Å². The lowest BCUT2D eigenvalue weighted by molar-refractivity contribution is 0.0587. The summed E-state index contributed by atoms with van der Waals surface area (Å²) >= 11 is 0. The van der Waals surface area contributed by atoms with Crippen molar-refractivity contribution >= 4 is 18.2 Å². The number of alkyl halides is 1. The number of fused-ring (bicyclic) bond motifs is 1. The van der Waals surface area contributed by atoms with Crippen LogP contribution in [0.2, 0.25) is 0 Å². The maximum atomic E-state index is 15.8. The quantitative estimate of drug-likeness (QED) is 0.625. The summed E-state index contributed by atoms with van der Waals surface area (Å²) in [6.07, 6.45) is 2.07. The standard InChI is InChI=1S/C25H27FN2O3.ClH/c1-30-22-11-20-14-25(26,24(29)21(20)12-23(22)31-2)13-17-6-8-28(9-7-17)16-19-5-3-4-18(10-19)15-27;/h3-5,10-12,17H,6-9,13-14,16H2,1-2H3;1H. The maximum Gasteiger partial charge on any atom is 0.200 e. The van der Waals surface area contributed by atoms with E-state index in [0.717, 1.165) is 38.0 Å². The SMILES string of the molecule is COc1cc2c(cc1OC)C(=O)C(F)(CC1CCN(Cc3cccc(C#N)c3)CC1)C2.Cl. The van der Waals surface area contributed by atoms with E-state index < -0.39 is 11.5 Å². The predicted molar refractivity (Wildman–Crippen MR) is 122 cm³/mol. The van der Waals surface area contributed by atoms with Crippen LogP contribution >= 0.6 is 12.4 Å².